The first kappa shape index (κ1) is 44.9. The smallest absolute Gasteiger partial charge is 0.407 e. The zero-order valence-corrected chi connectivity index (χ0v) is 34.2. The molecule has 2 heterocycles. The van der Waals surface area contributed by atoms with E-state index < -0.39 is 24.4 Å². The summed E-state index contributed by atoms with van der Waals surface area (Å²) in [7, 11) is 3.62. The molecular weight excluding hydrogens is 687 g/mol. The number of likely N-dealkylation sites (tertiary alicyclic amines) is 1. The van der Waals surface area contributed by atoms with Crippen molar-refractivity contribution in [2.45, 2.75) is 142 Å². The number of alkyl carbamates (subject to hydrolysis) is 1. The van der Waals surface area contributed by atoms with Crippen LogP contribution in [-0.4, -0.2) is 78.8 Å². The van der Waals surface area contributed by atoms with Crippen LogP contribution in [0.4, 0.5) is 14.9 Å². The van der Waals surface area contributed by atoms with Crippen LogP contribution in [0, 0.1) is 23.7 Å². The molecule has 11 heteroatoms. The molecule has 1 aliphatic heterocycles. The Morgan fingerprint density at radius 3 is 2.28 bits per heavy atom. The maximum absolute atomic E-state index is 13.4. The molecule has 4 unspecified atom stereocenters. The lowest BCUT2D eigenvalue weighted by atomic mass is 9.77. The zero-order valence-electron chi connectivity index (χ0n) is 34.2. The summed E-state index contributed by atoms with van der Waals surface area (Å²) in [5.41, 5.74) is 1.70. The second-order valence-corrected chi connectivity index (χ2v) is 16.5. The predicted molar refractivity (Wildman–Crippen MR) is 214 cm³/mol. The molecule has 1 aromatic carbocycles. The second kappa shape index (κ2) is 22.8. The van der Waals surface area contributed by atoms with Crippen molar-refractivity contribution in [2.24, 2.45) is 30.7 Å². The highest BCUT2D eigenvalue weighted by Crippen LogP contribution is 2.39. The van der Waals surface area contributed by atoms with Crippen LogP contribution in [0.2, 0.25) is 0 Å². The predicted octanol–water partition coefficient (Wildman–Crippen LogP) is 9.25. The molecule has 0 spiro atoms. The quantitative estimate of drug-likeness (QED) is 0.186. The van der Waals surface area contributed by atoms with Gasteiger partial charge in [-0.25, -0.2) is 9.18 Å². The van der Waals surface area contributed by atoms with Gasteiger partial charge in [0.05, 0.1) is 11.7 Å². The van der Waals surface area contributed by atoms with Gasteiger partial charge in [0, 0.05) is 55.9 Å². The van der Waals surface area contributed by atoms with E-state index in [9.17, 15) is 23.6 Å². The first-order chi connectivity index (χ1) is 25.8. The topological polar surface area (TPSA) is 119 Å². The van der Waals surface area contributed by atoms with Gasteiger partial charge < -0.3 is 29.6 Å². The van der Waals surface area contributed by atoms with E-state index in [0.29, 0.717) is 36.9 Å². The summed E-state index contributed by atoms with van der Waals surface area (Å²) in [6, 6.07) is 7.05. The molecule has 4 atom stereocenters. The van der Waals surface area contributed by atoms with Crippen molar-refractivity contribution < 1.29 is 33.0 Å². The minimum Gasteiger partial charge on any atom is -0.444 e. The number of carbonyl (C=O) groups excluding carboxylic acids is 4. The number of hydrogen-bond donors (Lipinski definition) is 2. The fourth-order valence-electron chi connectivity index (χ4n) is 8.53. The SMILES string of the molecule is CCC(CCCC(CF)NC(=O)OC(C)(C)C)C(=O)N1CCC(C2CCCCC2)C1C.COCC1CCCC1.Cn1c(C=O)cc2cc(NC=O)ccc21. The molecule has 3 aliphatic rings. The number of aldehydes is 1. The molecule has 2 aliphatic carbocycles. The molecule has 3 fully saturated rings. The van der Waals surface area contributed by atoms with Crippen LogP contribution in [0.25, 0.3) is 10.9 Å². The summed E-state index contributed by atoms with van der Waals surface area (Å²) in [5, 5.41) is 6.12. The van der Waals surface area contributed by atoms with E-state index in [1.807, 2.05) is 23.7 Å². The minimum absolute atomic E-state index is 0.0191. The standard InChI is InChI=1S/C25H45FN2O3.C11H10N2O2.C7H14O/c1-6-19(13-10-14-21(17-26)27-24(30)31-25(3,4)5)23(29)28-16-15-22(18(28)2)20-11-8-7-9-12-20;1-13-10(6-14)5-8-4-9(12-7-15)2-3-11(8)13;1-8-6-7-4-2-3-5-7/h18-22H,6-17H2,1-5H3,(H,27,30);2-7H,1H3,(H,12,15);7H,2-6H2,1H3. The molecule has 10 nitrogen and oxygen atoms in total. The lowest BCUT2D eigenvalue weighted by Gasteiger charge is -2.33. The number of methoxy groups -OCH3 is 1. The number of hydrogen-bond acceptors (Lipinski definition) is 6. The molecule has 0 radical (unpaired) electrons. The van der Waals surface area contributed by atoms with Crippen molar-refractivity contribution in [1.29, 1.82) is 0 Å². The molecule has 54 heavy (non-hydrogen) atoms. The fraction of sp³-hybridized carbons (Fsp3) is 0.721. The molecule has 304 valence electrons. The fourth-order valence-corrected chi connectivity index (χ4v) is 8.53. The number of fused-ring (bicyclic) bond motifs is 1. The summed E-state index contributed by atoms with van der Waals surface area (Å²) in [6.07, 6.45) is 17.1. The highest BCUT2D eigenvalue weighted by molar-refractivity contribution is 5.92. The van der Waals surface area contributed by atoms with E-state index in [0.717, 1.165) is 67.1 Å². The number of nitrogens with one attached hydrogen (secondary N) is 2. The number of carbonyl (C=O) groups is 4. The first-order valence-electron chi connectivity index (χ1n) is 20.4. The Kier molecular flexibility index (Phi) is 19.0. The van der Waals surface area contributed by atoms with Gasteiger partial charge in [-0.2, -0.15) is 0 Å². The van der Waals surface area contributed by atoms with Gasteiger partial charge >= 0.3 is 6.09 Å². The zero-order chi connectivity index (χ0) is 39.7. The van der Waals surface area contributed by atoms with E-state index in [2.05, 4.69) is 29.4 Å². The molecule has 1 saturated heterocycles. The van der Waals surface area contributed by atoms with E-state index in [1.54, 1.807) is 40.0 Å². The molecule has 0 bridgehead atoms. The van der Waals surface area contributed by atoms with Crippen molar-refractivity contribution in [3.63, 3.8) is 0 Å². The van der Waals surface area contributed by atoms with Gasteiger partial charge in [-0.3, -0.25) is 14.4 Å². The van der Waals surface area contributed by atoms with Gasteiger partial charge in [-0.05, 0) is 108 Å². The van der Waals surface area contributed by atoms with Crippen LogP contribution < -0.4 is 10.6 Å². The van der Waals surface area contributed by atoms with Gasteiger partial charge in [-0.1, -0.05) is 58.3 Å². The summed E-state index contributed by atoms with van der Waals surface area (Å²) in [5.74, 6) is 2.57. The molecule has 5 rings (SSSR count). The van der Waals surface area contributed by atoms with Gasteiger partial charge in [0.2, 0.25) is 12.3 Å². The molecule has 1 aromatic heterocycles. The Morgan fingerprint density at radius 2 is 1.69 bits per heavy atom. The Hall–Kier alpha value is -3.47. The Bertz CT molecular complexity index is 1450. The van der Waals surface area contributed by atoms with E-state index in [4.69, 9.17) is 9.47 Å². The molecule has 2 N–H and O–H groups in total. The summed E-state index contributed by atoms with van der Waals surface area (Å²) >= 11 is 0. The monoisotopic (exact) mass is 757 g/mol. The van der Waals surface area contributed by atoms with Crippen LogP contribution in [0.1, 0.15) is 135 Å². The largest absolute Gasteiger partial charge is 0.444 e. The number of anilines is 1. The van der Waals surface area contributed by atoms with Gasteiger partial charge in [-0.15, -0.1) is 0 Å². The number of aryl methyl sites for hydroxylation is 1. The van der Waals surface area contributed by atoms with E-state index in [-0.39, 0.29) is 11.8 Å². The third-order valence-electron chi connectivity index (χ3n) is 11.5. The third-order valence-corrected chi connectivity index (χ3v) is 11.5. The molecular formula is C43H69FN4O6. The number of aromatic nitrogens is 1. The van der Waals surface area contributed by atoms with Crippen molar-refractivity contribution >= 4 is 41.3 Å². The van der Waals surface area contributed by atoms with Crippen LogP contribution in [-0.2, 0) is 26.1 Å². The first-order valence-corrected chi connectivity index (χ1v) is 20.4. The molecule has 2 saturated carbocycles. The van der Waals surface area contributed by atoms with Crippen molar-refractivity contribution in [3.8, 4) is 0 Å². The Labute approximate surface area is 323 Å². The van der Waals surface area contributed by atoms with Crippen molar-refractivity contribution in [3.05, 3.63) is 30.0 Å². The molecule has 2 aromatic rings. The van der Waals surface area contributed by atoms with Crippen molar-refractivity contribution in [2.75, 3.05) is 32.3 Å². The number of amides is 3. The van der Waals surface area contributed by atoms with Crippen LogP contribution in [0.3, 0.4) is 0 Å². The highest BCUT2D eigenvalue weighted by atomic mass is 19.1. The van der Waals surface area contributed by atoms with Gasteiger partial charge in [0.15, 0.2) is 6.29 Å². The van der Waals surface area contributed by atoms with E-state index in [1.165, 1.54) is 57.8 Å². The normalized spacial score (nSPS) is 20.3. The average molecular weight is 757 g/mol. The number of nitrogens with zero attached hydrogens (tertiary/aromatic N) is 2. The number of rotatable bonds is 14. The summed E-state index contributed by atoms with van der Waals surface area (Å²) in [4.78, 5) is 48.3. The van der Waals surface area contributed by atoms with Crippen LogP contribution >= 0.6 is 0 Å². The highest BCUT2D eigenvalue weighted by Gasteiger charge is 2.40. The summed E-state index contributed by atoms with van der Waals surface area (Å²) < 4.78 is 25.4. The number of benzene rings is 1. The van der Waals surface area contributed by atoms with Gasteiger partial charge in [0.25, 0.3) is 0 Å². The average Bonchev–Trinajstić information content (AvgIpc) is 3.88. The Morgan fingerprint density at radius 1 is 1.00 bits per heavy atom. The lowest BCUT2D eigenvalue weighted by Crippen LogP contribution is -2.41. The number of alkyl halides is 1. The van der Waals surface area contributed by atoms with Gasteiger partial charge in [0.1, 0.15) is 12.3 Å². The van der Waals surface area contributed by atoms with Crippen molar-refractivity contribution in [1.82, 2.24) is 14.8 Å². The lowest BCUT2D eigenvalue weighted by molar-refractivity contribution is -0.137. The maximum Gasteiger partial charge on any atom is 0.407 e. The maximum atomic E-state index is 13.4. The van der Waals surface area contributed by atoms with E-state index >= 15 is 0 Å². The van der Waals surface area contributed by atoms with Crippen LogP contribution in [0.5, 0.6) is 0 Å². The minimum atomic E-state index is -0.629. The third kappa shape index (κ3) is 14.0. The number of halogens is 1. The molecule has 3 amide bonds. The second-order valence-electron chi connectivity index (χ2n) is 16.5. The summed E-state index contributed by atoms with van der Waals surface area (Å²) in [6.45, 7) is 10.9. The Balaban J connectivity index is 0.000000277. The number of ether oxygens (including phenoxy) is 2. The van der Waals surface area contributed by atoms with Crippen LogP contribution in [0.15, 0.2) is 24.3 Å².